The maximum atomic E-state index is 11.0. The minimum Gasteiger partial charge on any atom is -0.484 e. The molecule has 1 rings (SSSR count). The fourth-order valence-corrected chi connectivity index (χ4v) is 1.65. The van der Waals surface area contributed by atoms with Crippen LogP contribution in [0.3, 0.4) is 0 Å². The number of hydrogen-bond donors (Lipinski definition) is 1. The van der Waals surface area contributed by atoms with Crippen LogP contribution >= 0.6 is 0 Å². The number of rotatable bonds is 6. The topological polar surface area (TPSA) is 72.6 Å². The number of ether oxygens (including phenoxy) is 1. The largest absolute Gasteiger partial charge is 0.484 e. The summed E-state index contributed by atoms with van der Waals surface area (Å²) in [6.45, 7) is 5.44. The van der Waals surface area contributed by atoms with Gasteiger partial charge >= 0.3 is 5.69 Å². The van der Waals surface area contributed by atoms with E-state index in [4.69, 9.17) is 4.74 Å². The van der Waals surface area contributed by atoms with Gasteiger partial charge in [0, 0.05) is 5.56 Å². The second-order valence-electron chi connectivity index (χ2n) is 4.40. The van der Waals surface area contributed by atoms with Gasteiger partial charge in [0.15, 0.2) is 5.75 Å². The minimum atomic E-state index is -0.933. The summed E-state index contributed by atoms with van der Waals surface area (Å²) >= 11 is 0. The van der Waals surface area contributed by atoms with E-state index in [1.165, 1.54) is 0 Å². The third kappa shape index (κ3) is 3.20. The van der Waals surface area contributed by atoms with Gasteiger partial charge in [0.1, 0.15) is 6.61 Å². The van der Waals surface area contributed by atoms with Crippen molar-refractivity contribution in [3.05, 3.63) is 33.9 Å². The first-order valence-electron chi connectivity index (χ1n) is 6.02. The summed E-state index contributed by atoms with van der Waals surface area (Å²) in [4.78, 5) is 10.5. The Bertz CT molecular complexity index is 427. The summed E-state index contributed by atoms with van der Waals surface area (Å²) in [6.07, 6.45) is 1.09. The molecule has 0 bridgehead atoms. The van der Waals surface area contributed by atoms with E-state index in [0.29, 0.717) is 18.4 Å². The number of nitrogens with zero attached hydrogens (tertiary/aromatic N) is 1. The highest BCUT2D eigenvalue weighted by Gasteiger charge is 2.25. The van der Waals surface area contributed by atoms with Crippen molar-refractivity contribution in [3.63, 3.8) is 0 Å². The van der Waals surface area contributed by atoms with Gasteiger partial charge in [-0.15, -0.1) is 0 Å². The molecule has 0 radical (unpaired) electrons. The molecule has 0 saturated heterocycles. The zero-order valence-corrected chi connectivity index (χ0v) is 11.0. The molecule has 5 nitrogen and oxygen atoms in total. The molecule has 0 aliphatic carbocycles. The maximum absolute atomic E-state index is 11.0. The number of hydrogen-bond acceptors (Lipinski definition) is 4. The first-order valence-corrected chi connectivity index (χ1v) is 6.02. The number of nitro groups is 1. The lowest BCUT2D eigenvalue weighted by molar-refractivity contribution is -0.386. The highest BCUT2D eigenvalue weighted by molar-refractivity contribution is 5.52. The predicted molar refractivity (Wildman–Crippen MR) is 68.9 cm³/mol. The lowest BCUT2D eigenvalue weighted by Crippen LogP contribution is -2.34. The van der Waals surface area contributed by atoms with E-state index in [2.05, 4.69) is 0 Å². The lowest BCUT2D eigenvalue weighted by atomic mass is 9.99. The van der Waals surface area contributed by atoms with E-state index >= 15 is 0 Å². The highest BCUT2D eigenvalue weighted by Crippen LogP contribution is 2.31. The van der Waals surface area contributed by atoms with E-state index in [1.54, 1.807) is 25.1 Å². The molecule has 0 fully saturated rings. The molecule has 0 heterocycles. The van der Waals surface area contributed by atoms with Gasteiger partial charge in [0.05, 0.1) is 10.5 Å². The molecule has 0 amide bonds. The van der Waals surface area contributed by atoms with Crippen LogP contribution in [0.4, 0.5) is 5.69 Å². The van der Waals surface area contributed by atoms with Crippen molar-refractivity contribution in [2.24, 2.45) is 0 Å². The molecule has 1 aromatic rings. The van der Waals surface area contributed by atoms with Crippen molar-refractivity contribution >= 4 is 5.69 Å². The fourth-order valence-electron chi connectivity index (χ4n) is 1.65. The minimum absolute atomic E-state index is 0.0351. The SMILES string of the molecule is CCC(O)(CC)COc1cccc(C)c1[N+](=O)[O-]. The standard InChI is InChI=1S/C13H19NO4/c1-4-13(15,5-2)9-18-11-8-6-7-10(3)12(11)14(16)17/h6-8,15H,4-5,9H2,1-3H3. The fraction of sp³-hybridized carbons (Fsp3) is 0.538. The molecule has 0 atom stereocenters. The van der Waals surface area contributed by atoms with E-state index < -0.39 is 10.5 Å². The monoisotopic (exact) mass is 253 g/mol. The number of para-hydroxylation sites is 1. The second-order valence-corrected chi connectivity index (χ2v) is 4.40. The smallest absolute Gasteiger partial charge is 0.313 e. The first-order chi connectivity index (χ1) is 8.43. The molecule has 100 valence electrons. The summed E-state index contributed by atoms with van der Waals surface area (Å²) in [5, 5.41) is 21.1. The summed E-state index contributed by atoms with van der Waals surface area (Å²) in [5.74, 6) is 0.209. The Morgan fingerprint density at radius 1 is 1.39 bits per heavy atom. The van der Waals surface area contributed by atoms with Gasteiger partial charge < -0.3 is 9.84 Å². The Kier molecular flexibility index (Phi) is 4.67. The predicted octanol–water partition coefficient (Wildman–Crippen LogP) is 2.83. The zero-order chi connectivity index (χ0) is 13.8. The van der Waals surface area contributed by atoms with Crippen LogP contribution in [0.2, 0.25) is 0 Å². The van der Waals surface area contributed by atoms with E-state index in [-0.39, 0.29) is 18.0 Å². The van der Waals surface area contributed by atoms with Gasteiger partial charge in [-0.25, -0.2) is 0 Å². The summed E-state index contributed by atoms with van der Waals surface area (Å²) in [6, 6.07) is 4.92. The molecule has 0 aromatic heterocycles. The highest BCUT2D eigenvalue weighted by atomic mass is 16.6. The van der Waals surface area contributed by atoms with E-state index in [0.717, 1.165) is 0 Å². The molecular formula is C13H19NO4. The summed E-state index contributed by atoms with van der Waals surface area (Å²) in [5.41, 5.74) is -0.418. The first kappa shape index (κ1) is 14.4. The Balaban J connectivity index is 2.92. The third-order valence-corrected chi connectivity index (χ3v) is 3.20. The molecule has 1 aromatic carbocycles. The van der Waals surface area contributed by atoms with E-state index in [9.17, 15) is 15.2 Å². The van der Waals surface area contributed by atoms with Crippen LogP contribution in [0.15, 0.2) is 18.2 Å². The molecule has 0 spiro atoms. The van der Waals surface area contributed by atoms with E-state index in [1.807, 2.05) is 13.8 Å². The number of benzene rings is 1. The van der Waals surface area contributed by atoms with Gasteiger partial charge in [-0.1, -0.05) is 26.0 Å². The molecule has 18 heavy (non-hydrogen) atoms. The Morgan fingerprint density at radius 3 is 2.50 bits per heavy atom. The van der Waals surface area contributed by atoms with Crippen LogP contribution < -0.4 is 4.74 Å². The van der Waals surface area contributed by atoms with Crippen molar-refractivity contribution in [1.82, 2.24) is 0 Å². The quantitative estimate of drug-likeness (QED) is 0.625. The van der Waals surface area contributed by atoms with Gasteiger partial charge in [0.25, 0.3) is 0 Å². The van der Waals surface area contributed by atoms with Crippen molar-refractivity contribution in [1.29, 1.82) is 0 Å². The average Bonchev–Trinajstić information content (AvgIpc) is 2.35. The molecule has 5 heteroatoms. The average molecular weight is 253 g/mol. The van der Waals surface area contributed by atoms with Crippen LogP contribution in [0.25, 0.3) is 0 Å². The van der Waals surface area contributed by atoms with Crippen LogP contribution in [-0.4, -0.2) is 22.2 Å². The molecule has 0 aliphatic heterocycles. The van der Waals surface area contributed by atoms with Crippen molar-refractivity contribution < 1.29 is 14.8 Å². The Hall–Kier alpha value is -1.62. The van der Waals surface area contributed by atoms with Crippen molar-refractivity contribution in [2.75, 3.05) is 6.61 Å². The summed E-state index contributed by atoms with van der Waals surface area (Å²) in [7, 11) is 0. The molecule has 0 saturated carbocycles. The molecule has 1 N–H and O–H groups in total. The summed E-state index contributed by atoms with van der Waals surface area (Å²) < 4.78 is 5.43. The van der Waals surface area contributed by atoms with Crippen molar-refractivity contribution in [2.45, 2.75) is 39.2 Å². The maximum Gasteiger partial charge on any atom is 0.313 e. The Morgan fingerprint density at radius 2 is 2.00 bits per heavy atom. The van der Waals surface area contributed by atoms with Gasteiger partial charge in [0.2, 0.25) is 0 Å². The van der Waals surface area contributed by atoms with Gasteiger partial charge in [-0.05, 0) is 25.8 Å². The van der Waals surface area contributed by atoms with Crippen molar-refractivity contribution in [3.8, 4) is 5.75 Å². The normalized spacial score (nSPS) is 11.3. The number of aryl methyl sites for hydroxylation is 1. The zero-order valence-electron chi connectivity index (χ0n) is 11.0. The van der Waals surface area contributed by atoms with Crippen LogP contribution in [0, 0.1) is 17.0 Å². The molecular weight excluding hydrogens is 234 g/mol. The van der Waals surface area contributed by atoms with Crippen LogP contribution in [-0.2, 0) is 0 Å². The lowest BCUT2D eigenvalue weighted by Gasteiger charge is -2.25. The molecule has 0 aliphatic rings. The van der Waals surface area contributed by atoms with Gasteiger partial charge in [-0.2, -0.15) is 0 Å². The van der Waals surface area contributed by atoms with Gasteiger partial charge in [-0.3, -0.25) is 10.1 Å². The van der Waals surface area contributed by atoms with Crippen LogP contribution in [0.1, 0.15) is 32.3 Å². The number of nitro benzene ring substituents is 1. The molecule has 0 unspecified atom stereocenters. The van der Waals surface area contributed by atoms with Crippen LogP contribution in [0.5, 0.6) is 5.75 Å². The third-order valence-electron chi connectivity index (χ3n) is 3.20. The Labute approximate surface area is 107 Å². The number of aliphatic hydroxyl groups is 1. The second kappa shape index (κ2) is 5.82.